The number of nitrogens with zero attached hydrogens (tertiary/aromatic N) is 1. The number of aryl methyl sites for hydroxylation is 1. The fraction of sp³-hybridized carbons (Fsp3) is 0.167. The van der Waals surface area contributed by atoms with Gasteiger partial charge in [-0.15, -0.1) is 11.3 Å². The average molecular weight is 252 g/mol. The van der Waals surface area contributed by atoms with Gasteiger partial charge in [-0.25, -0.2) is 4.98 Å². The number of thiazole rings is 1. The summed E-state index contributed by atoms with van der Waals surface area (Å²) in [5, 5.41) is 1.65. The molecule has 1 aromatic heterocycles. The molecule has 0 saturated carbocycles. The average Bonchev–Trinajstić information content (AvgIpc) is 2.62. The van der Waals surface area contributed by atoms with Gasteiger partial charge in [0.15, 0.2) is 0 Å². The molecule has 0 fully saturated rings. The molecule has 2 aromatic rings. The summed E-state index contributed by atoms with van der Waals surface area (Å²) >= 11 is 7.38. The van der Waals surface area contributed by atoms with Gasteiger partial charge in [0.1, 0.15) is 11.3 Å². The molecule has 4 heteroatoms. The van der Waals surface area contributed by atoms with E-state index >= 15 is 0 Å². The Labute approximate surface area is 103 Å². The number of halogens is 1. The molecule has 1 heterocycles. The van der Waals surface area contributed by atoms with Gasteiger partial charge in [0.2, 0.25) is 0 Å². The molecule has 0 aliphatic carbocycles. The fourth-order valence-corrected chi connectivity index (χ4v) is 2.55. The molecule has 0 unspecified atom stereocenters. The Bertz CT molecular complexity index is 504. The molecule has 0 N–H and O–H groups in total. The van der Waals surface area contributed by atoms with Crippen molar-refractivity contribution in [1.82, 2.24) is 4.98 Å². The first-order chi connectivity index (χ1) is 7.70. The molecule has 1 aromatic carbocycles. The maximum absolute atomic E-state index is 10.5. The van der Waals surface area contributed by atoms with Gasteiger partial charge in [-0.05, 0) is 19.1 Å². The second-order valence-corrected chi connectivity index (χ2v) is 4.93. The molecule has 0 spiro atoms. The summed E-state index contributed by atoms with van der Waals surface area (Å²) in [6, 6.07) is 7.55. The number of hydrogen-bond acceptors (Lipinski definition) is 3. The van der Waals surface area contributed by atoms with Crippen LogP contribution in [0.3, 0.4) is 0 Å². The van der Waals surface area contributed by atoms with E-state index in [9.17, 15) is 4.79 Å². The van der Waals surface area contributed by atoms with Gasteiger partial charge in [-0.3, -0.25) is 0 Å². The third-order valence-electron chi connectivity index (χ3n) is 2.25. The van der Waals surface area contributed by atoms with E-state index in [4.69, 9.17) is 11.6 Å². The number of carbonyl (C=O) groups is 1. The molecule has 0 saturated heterocycles. The SMILES string of the molecule is Cc1nc(-c2ccc(Cl)cc2)sc1CC=O. The van der Waals surface area contributed by atoms with Crippen molar-refractivity contribution in [2.75, 3.05) is 0 Å². The maximum atomic E-state index is 10.5. The highest BCUT2D eigenvalue weighted by Gasteiger charge is 2.08. The first kappa shape index (κ1) is 11.3. The van der Waals surface area contributed by atoms with E-state index < -0.39 is 0 Å². The Morgan fingerprint density at radius 1 is 1.38 bits per heavy atom. The third kappa shape index (κ3) is 2.31. The molecule has 2 nitrogen and oxygen atoms in total. The van der Waals surface area contributed by atoms with Crippen LogP contribution in [0.2, 0.25) is 5.02 Å². The Morgan fingerprint density at radius 3 is 2.69 bits per heavy atom. The highest BCUT2D eigenvalue weighted by atomic mass is 35.5. The zero-order valence-corrected chi connectivity index (χ0v) is 10.3. The summed E-state index contributed by atoms with van der Waals surface area (Å²) in [7, 11) is 0. The van der Waals surface area contributed by atoms with Gasteiger partial charge in [-0.1, -0.05) is 23.7 Å². The molecule has 0 atom stereocenters. The van der Waals surface area contributed by atoms with Gasteiger partial charge < -0.3 is 4.79 Å². The first-order valence-corrected chi connectivity index (χ1v) is 6.06. The van der Waals surface area contributed by atoms with E-state index in [2.05, 4.69) is 4.98 Å². The van der Waals surface area contributed by atoms with Crippen LogP contribution in [0.25, 0.3) is 10.6 Å². The monoisotopic (exact) mass is 251 g/mol. The smallest absolute Gasteiger partial charge is 0.125 e. The van der Waals surface area contributed by atoms with Crippen LogP contribution >= 0.6 is 22.9 Å². The van der Waals surface area contributed by atoms with Crippen molar-refractivity contribution in [3.05, 3.63) is 39.9 Å². The van der Waals surface area contributed by atoms with Crippen molar-refractivity contribution in [2.24, 2.45) is 0 Å². The van der Waals surface area contributed by atoms with Crippen LogP contribution in [0.1, 0.15) is 10.6 Å². The minimum Gasteiger partial charge on any atom is -0.303 e. The highest BCUT2D eigenvalue weighted by molar-refractivity contribution is 7.15. The second kappa shape index (κ2) is 4.76. The summed E-state index contributed by atoms with van der Waals surface area (Å²) in [5.41, 5.74) is 1.97. The second-order valence-electron chi connectivity index (χ2n) is 3.41. The van der Waals surface area contributed by atoms with Crippen LogP contribution in [0.4, 0.5) is 0 Å². The fourth-order valence-electron chi connectivity index (χ4n) is 1.41. The topological polar surface area (TPSA) is 30.0 Å². The molecule has 0 aliphatic rings. The van der Waals surface area contributed by atoms with E-state index in [0.717, 1.165) is 27.4 Å². The number of carbonyl (C=O) groups excluding carboxylic acids is 1. The summed E-state index contributed by atoms with van der Waals surface area (Å²) in [4.78, 5) is 16.0. The van der Waals surface area contributed by atoms with Crippen LogP contribution in [0, 0.1) is 6.92 Å². The molecule has 2 rings (SSSR count). The molecule has 82 valence electrons. The lowest BCUT2D eigenvalue weighted by Crippen LogP contribution is -1.83. The summed E-state index contributed by atoms with van der Waals surface area (Å²) < 4.78 is 0. The van der Waals surface area contributed by atoms with Gasteiger partial charge in [0.05, 0.1) is 5.69 Å². The van der Waals surface area contributed by atoms with Crippen molar-refractivity contribution >= 4 is 29.2 Å². The standard InChI is InChI=1S/C12H10ClNOS/c1-8-11(6-7-15)16-12(14-8)9-2-4-10(13)5-3-9/h2-5,7H,6H2,1H3. The number of aldehydes is 1. The maximum Gasteiger partial charge on any atom is 0.125 e. The predicted molar refractivity (Wildman–Crippen MR) is 67.1 cm³/mol. The molecule has 16 heavy (non-hydrogen) atoms. The molecular formula is C12H10ClNOS. The number of aromatic nitrogens is 1. The van der Waals surface area contributed by atoms with Crippen molar-refractivity contribution in [3.63, 3.8) is 0 Å². The van der Waals surface area contributed by atoms with Crippen molar-refractivity contribution < 1.29 is 4.79 Å². The summed E-state index contributed by atoms with van der Waals surface area (Å²) in [5.74, 6) is 0. The van der Waals surface area contributed by atoms with Crippen LogP contribution in [-0.4, -0.2) is 11.3 Å². The third-order valence-corrected chi connectivity index (χ3v) is 3.73. The van der Waals surface area contributed by atoms with Gasteiger partial charge in [-0.2, -0.15) is 0 Å². The summed E-state index contributed by atoms with van der Waals surface area (Å²) in [6.07, 6.45) is 1.35. The quantitative estimate of drug-likeness (QED) is 0.782. The Kier molecular flexibility index (Phi) is 3.36. The normalized spacial score (nSPS) is 10.4. The zero-order valence-electron chi connectivity index (χ0n) is 8.74. The molecular weight excluding hydrogens is 242 g/mol. The number of benzene rings is 1. The largest absolute Gasteiger partial charge is 0.303 e. The minimum absolute atomic E-state index is 0.442. The first-order valence-electron chi connectivity index (χ1n) is 4.86. The van der Waals surface area contributed by atoms with E-state index in [1.54, 1.807) is 11.3 Å². The van der Waals surface area contributed by atoms with Crippen LogP contribution in [0.5, 0.6) is 0 Å². The Morgan fingerprint density at radius 2 is 2.06 bits per heavy atom. The minimum atomic E-state index is 0.442. The number of hydrogen-bond donors (Lipinski definition) is 0. The lowest BCUT2D eigenvalue weighted by Gasteiger charge is -1.95. The van der Waals surface area contributed by atoms with E-state index in [1.165, 1.54) is 0 Å². The summed E-state index contributed by atoms with van der Waals surface area (Å²) in [6.45, 7) is 1.93. The van der Waals surface area contributed by atoms with Crippen molar-refractivity contribution in [3.8, 4) is 10.6 Å². The van der Waals surface area contributed by atoms with Gasteiger partial charge >= 0.3 is 0 Å². The lowest BCUT2D eigenvalue weighted by molar-refractivity contribution is -0.107. The van der Waals surface area contributed by atoms with E-state index in [-0.39, 0.29) is 0 Å². The van der Waals surface area contributed by atoms with E-state index in [0.29, 0.717) is 11.4 Å². The Balaban J connectivity index is 2.37. The van der Waals surface area contributed by atoms with Crippen molar-refractivity contribution in [2.45, 2.75) is 13.3 Å². The van der Waals surface area contributed by atoms with Crippen LogP contribution in [0.15, 0.2) is 24.3 Å². The predicted octanol–water partition coefficient (Wildman–Crippen LogP) is 3.51. The van der Waals surface area contributed by atoms with Gasteiger partial charge in [0, 0.05) is 21.9 Å². The van der Waals surface area contributed by atoms with E-state index in [1.807, 2.05) is 31.2 Å². The molecule has 0 bridgehead atoms. The zero-order chi connectivity index (χ0) is 11.5. The highest BCUT2D eigenvalue weighted by Crippen LogP contribution is 2.28. The lowest BCUT2D eigenvalue weighted by atomic mass is 10.2. The van der Waals surface area contributed by atoms with Crippen LogP contribution < -0.4 is 0 Å². The molecule has 0 aliphatic heterocycles. The number of rotatable bonds is 3. The Hall–Kier alpha value is -1.19. The van der Waals surface area contributed by atoms with Crippen LogP contribution in [-0.2, 0) is 11.2 Å². The van der Waals surface area contributed by atoms with Gasteiger partial charge in [0.25, 0.3) is 0 Å². The molecule has 0 radical (unpaired) electrons. The molecule has 0 amide bonds. The van der Waals surface area contributed by atoms with Crippen molar-refractivity contribution in [1.29, 1.82) is 0 Å².